The zero-order valence-corrected chi connectivity index (χ0v) is 28.6. The maximum absolute atomic E-state index is 13.7. The summed E-state index contributed by atoms with van der Waals surface area (Å²) in [5.41, 5.74) is 5.69. The van der Waals surface area contributed by atoms with Gasteiger partial charge in [0.2, 0.25) is 5.89 Å². The van der Waals surface area contributed by atoms with Crippen LogP contribution in [0.1, 0.15) is 37.3 Å². The van der Waals surface area contributed by atoms with E-state index in [0.29, 0.717) is 53.0 Å². The van der Waals surface area contributed by atoms with E-state index in [0.717, 1.165) is 60.4 Å². The van der Waals surface area contributed by atoms with Crippen molar-refractivity contribution in [3.8, 4) is 28.3 Å². The molecular weight excluding hydrogens is 657 g/mol. The Kier molecular flexibility index (Phi) is 13.4. The van der Waals surface area contributed by atoms with Crippen molar-refractivity contribution in [2.75, 3.05) is 40.3 Å². The van der Waals surface area contributed by atoms with Crippen molar-refractivity contribution in [1.82, 2.24) is 10.3 Å². The molecule has 0 aliphatic carbocycles. The van der Waals surface area contributed by atoms with Gasteiger partial charge in [-0.15, -0.1) is 13.2 Å². The molecule has 1 amide bonds. The topological polar surface area (TPSA) is 64.4 Å². The van der Waals surface area contributed by atoms with Crippen LogP contribution in [0.2, 0.25) is 5.02 Å². The Morgan fingerprint density at radius 1 is 1.07 bits per heavy atom. The first-order valence-corrected chi connectivity index (χ1v) is 15.5. The molecule has 0 radical (unpaired) electrons. The second-order valence-electron chi connectivity index (χ2n) is 11.7. The first kappa shape index (κ1) is 36.0. The molecule has 0 saturated heterocycles. The van der Waals surface area contributed by atoms with Gasteiger partial charge in [-0.3, -0.25) is 4.79 Å². The zero-order chi connectivity index (χ0) is 31.7. The molecule has 4 aromatic rings. The van der Waals surface area contributed by atoms with Crippen molar-refractivity contribution in [2.24, 2.45) is 0 Å². The summed E-state index contributed by atoms with van der Waals surface area (Å²) in [5.74, 6) is 0.784. The molecule has 45 heavy (non-hydrogen) atoms. The van der Waals surface area contributed by atoms with Gasteiger partial charge in [0.1, 0.15) is 17.1 Å². The van der Waals surface area contributed by atoms with Crippen molar-refractivity contribution in [3.63, 3.8) is 0 Å². The van der Waals surface area contributed by atoms with Gasteiger partial charge in [-0.2, -0.15) is 0 Å². The third-order valence-corrected chi connectivity index (χ3v) is 7.73. The minimum atomic E-state index is -0.422. The second-order valence-corrected chi connectivity index (χ2v) is 12.1. The lowest BCUT2D eigenvalue weighted by Gasteiger charge is -2.29. The SMILES string of the molecule is C=CCc1cc(-c2ccc(OCCC[N+](C)(C)CC(=O)NCCCC)c(CC=C)c2)c2oc(-c3ccc(F)cc3Cl)nc2c1.[Br-]. The van der Waals surface area contributed by atoms with Crippen LogP contribution in [0.15, 0.2) is 78.3 Å². The predicted octanol–water partition coefficient (Wildman–Crippen LogP) is 5.18. The van der Waals surface area contributed by atoms with Crippen LogP contribution in [0, 0.1) is 5.82 Å². The van der Waals surface area contributed by atoms with E-state index < -0.39 is 5.82 Å². The number of hydrogen-bond donors (Lipinski definition) is 1. The monoisotopic (exact) mass is 697 g/mol. The van der Waals surface area contributed by atoms with Crippen molar-refractivity contribution < 1.29 is 39.8 Å². The van der Waals surface area contributed by atoms with Gasteiger partial charge in [0.15, 0.2) is 12.1 Å². The molecular formula is C36H42BrClFN3O3. The van der Waals surface area contributed by atoms with Crippen LogP contribution in [-0.4, -0.2) is 55.7 Å². The normalized spacial score (nSPS) is 11.2. The molecule has 0 aliphatic heterocycles. The van der Waals surface area contributed by atoms with Gasteiger partial charge in [-0.05, 0) is 78.4 Å². The van der Waals surface area contributed by atoms with Crippen LogP contribution in [0.5, 0.6) is 5.75 Å². The summed E-state index contributed by atoms with van der Waals surface area (Å²) in [6.07, 6.45) is 7.86. The number of allylic oxidation sites excluding steroid dienone is 2. The third kappa shape index (κ3) is 9.76. The highest BCUT2D eigenvalue weighted by molar-refractivity contribution is 6.33. The quantitative estimate of drug-likeness (QED) is 0.0997. The van der Waals surface area contributed by atoms with Crippen LogP contribution < -0.4 is 27.0 Å². The summed E-state index contributed by atoms with van der Waals surface area (Å²) in [5, 5.41) is 3.23. The Morgan fingerprint density at radius 3 is 2.56 bits per heavy atom. The van der Waals surface area contributed by atoms with E-state index >= 15 is 0 Å². The number of hydrogen-bond acceptors (Lipinski definition) is 4. The number of quaternary nitrogens is 1. The highest BCUT2D eigenvalue weighted by Gasteiger charge is 2.20. The molecule has 6 nitrogen and oxygen atoms in total. The van der Waals surface area contributed by atoms with Gasteiger partial charge in [0, 0.05) is 18.5 Å². The number of nitrogens with one attached hydrogen (secondary N) is 1. The molecule has 0 spiro atoms. The number of oxazole rings is 1. The van der Waals surface area contributed by atoms with Gasteiger partial charge in [0.05, 0.1) is 37.8 Å². The summed E-state index contributed by atoms with van der Waals surface area (Å²) in [6, 6.07) is 14.3. The number of aromatic nitrogens is 1. The van der Waals surface area contributed by atoms with Crippen molar-refractivity contribution in [2.45, 2.75) is 39.0 Å². The summed E-state index contributed by atoms with van der Waals surface area (Å²) >= 11 is 6.33. The average molecular weight is 699 g/mol. The molecule has 1 N–H and O–H groups in total. The second kappa shape index (κ2) is 16.7. The molecule has 0 unspecified atom stereocenters. The average Bonchev–Trinajstić information content (AvgIpc) is 3.39. The van der Waals surface area contributed by atoms with Gasteiger partial charge < -0.3 is 35.9 Å². The summed E-state index contributed by atoms with van der Waals surface area (Å²) in [4.78, 5) is 17.0. The number of ether oxygens (including phenoxy) is 1. The maximum atomic E-state index is 13.7. The molecule has 1 heterocycles. The number of rotatable bonds is 16. The molecule has 0 aliphatic rings. The van der Waals surface area contributed by atoms with Crippen LogP contribution in [0.25, 0.3) is 33.7 Å². The predicted molar refractivity (Wildman–Crippen MR) is 178 cm³/mol. The molecule has 0 fully saturated rings. The summed E-state index contributed by atoms with van der Waals surface area (Å²) in [6.45, 7) is 12.5. The molecule has 1 aromatic heterocycles. The molecule has 9 heteroatoms. The van der Waals surface area contributed by atoms with E-state index in [1.807, 2.05) is 30.4 Å². The zero-order valence-electron chi connectivity index (χ0n) is 26.3. The number of halogens is 3. The minimum Gasteiger partial charge on any atom is -1.00 e. The highest BCUT2D eigenvalue weighted by Crippen LogP contribution is 2.37. The van der Waals surface area contributed by atoms with Crippen LogP contribution in [-0.2, 0) is 17.6 Å². The number of likely N-dealkylation sites (N-methyl/N-ethyl adjacent to an activating group) is 1. The maximum Gasteiger partial charge on any atom is 0.275 e. The van der Waals surface area contributed by atoms with Gasteiger partial charge in [0.25, 0.3) is 5.91 Å². The first-order chi connectivity index (χ1) is 21.1. The molecule has 3 aromatic carbocycles. The van der Waals surface area contributed by atoms with Gasteiger partial charge in [-0.1, -0.05) is 43.2 Å². The molecule has 4 rings (SSSR count). The van der Waals surface area contributed by atoms with Crippen molar-refractivity contribution in [3.05, 3.63) is 95.8 Å². The fourth-order valence-electron chi connectivity index (χ4n) is 5.17. The minimum absolute atomic E-state index is 0. The molecule has 0 saturated carbocycles. The van der Waals surface area contributed by atoms with E-state index in [4.69, 9.17) is 25.7 Å². The van der Waals surface area contributed by atoms with Gasteiger partial charge in [-0.25, -0.2) is 9.37 Å². The fourth-order valence-corrected chi connectivity index (χ4v) is 5.42. The largest absolute Gasteiger partial charge is 1.00 e. The number of unbranched alkanes of at least 4 members (excludes halogenated alkanes) is 1. The highest BCUT2D eigenvalue weighted by atomic mass is 79.9. The van der Waals surface area contributed by atoms with Crippen LogP contribution >= 0.6 is 11.6 Å². The van der Waals surface area contributed by atoms with E-state index in [9.17, 15) is 9.18 Å². The Balaban J connectivity index is 0.00000552. The molecule has 0 bridgehead atoms. The van der Waals surface area contributed by atoms with Crippen LogP contribution in [0.4, 0.5) is 4.39 Å². The number of amides is 1. The first-order valence-electron chi connectivity index (χ1n) is 15.1. The lowest BCUT2D eigenvalue weighted by atomic mass is 9.97. The van der Waals surface area contributed by atoms with E-state index in [1.165, 1.54) is 12.1 Å². The summed E-state index contributed by atoms with van der Waals surface area (Å²) < 4.78 is 26.8. The van der Waals surface area contributed by atoms with E-state index in [-0.39, 0.29) is 27.9 Å². The lowest BCUT2D eigenvalue weighted by molar-refractivity contribution is -0.882. The Morgan fingerprint density at radius 2 is 1.84 bits per heavy atom. The number of carbonyl (C=O) groups is 1. The fraction of sp³-hybridized carbons (Fsp3) is 0.333. The number of nitrogens with zero attached hydrogens (tertiary/aromatic N) is 2. The van der Waals surface area contributed by atoms with E-state index in [1.54, 1.807) is 6.07 Å². The van der Waals surface area contributed by atoms with E-state index in [2.05, 4.69) is 51.6 Å². The van der Waals surface area contributed by atoms with Crippen molar-refractivity contribution >= 4 is 28.6 Å². The summed E-state index contributed by atoms with van der Waals surface area (Å²) in [7, 11) is 4.13. The number of benzene rings is 3. The van der Waals surface area contributed by atoms with Gasteiger partial charge >= 0.3 is 0 Å². The third-order valence-electron chi connectivity index (χ3n) is 7.42. The number of carbonyl (C=O) groups excluding carboxylic acids is 1. The lowest BCUT2D eigenvalue weighted by Crippen LogP contribution is -3.00. The molecule has 240 valence electrons. The number of fused-ring (bicyclic) bond motifs is 1. The Hall–Kier alpha value is -3.46. The van der Waals surface area contributed by atoms with Crippen molar-refractivity contribution in [1.29, 1.82) is 0 Å². The smallest absolute Gasteiger partial charge is 0.275 e. The Bertz CT molecular complexity index is 1640. The van der Waals surface area contributed by atoms with Crippen LogP contribution in [0.3, 0.4) is 0 Å². The standard InChI is InChI=1S/C36H41ClFN3O3.BrH/c1-6-9-17-39-34(42)24-41(4,5)18-10-19-43-33-16-13-26(22-27(33)12-8-3)30-20-25(11-7-2)21-32-35(30)44-36(40-32)29-15-14-28(38)23-31(29)37;/h7-8,13-16,20-23H,2-3,6,9-12,17-19,24H2,1,4-5H3;1H. The molecule has 0 atom stereocenters. The Labute approximate surface area is 281 Å².